The van der Waals surface area contributed by atoms with Crippen molar-refractivity contribution in [3.63, 3.8) is 0 Å². The molecule has 15 heavy (non-hydrogen) atoms. The topological polar surface area (TPSA) is 54.9 Å². The van der Waals surface area contributed by atoms with Crippen molar-refractivity contribution in [1.82, 2.24) is 10.2 Å². The van der Waals surface area contributed by atoms with Crippen molar-refractivity contribution in [3.05, 3.63) is 5.01 Å². The minimum Gasteiger partial charge on any atom is -0.300 e. The number of rotatable bonds is 4. The van der Waals surface area contributed by atoms with E-state index in [9.17, 15) is 4.79 Å². The van der Waals surface area contributed by atoms with Crippen molar-refractivity contribution in [2.24, 2.45) is 11.8 Å². The summed E-state index contributed by atoms with van der Waals surface area (Å²) in [5.74, 6) is 0.524. The van der Waals surface area contributed by atoms with E-state index in [1.165, 1.54) is 11.3 Å². The lowest BCUT2D eigenvalue weighted by molar-refractivity contribution is -0.118. The monoisotopic (exact) mass is 227 g/mol. The summed E-state index contributed by atoms with van der Waals surface area (Å²) in [7, 11) is 0. The number of amides is 1. The van der Waals surface area contributed by atoms with Crippen molar-refractivity contribution in [3.8, 4) is 0 Å². The summed E-state index contributed by atoms with van der Waals surface area (Å²) in [5.41, 5.74) is 0. The molecule has 1 rings (SSSR count). The fraction of sp³-hybridized carbons (Fsp3) is 0.700. The first-order chi connectivity index (χ1) is 6.99. The molecule has 1 heterocycles. The van der Waals surface area contributed by atoms with E-state index in [-0.39, 0.29) is 11.8 Å². The molecule has 0 aliphatic heterocycles. The van der Waals surface area contributed by atoms with Gasteiger partial charge in [0, 0.05) is 12.3 Å². The SMILES string of the molecule is CC(C)Cc1nnc(NC(=O)C(C)C)s1. The summed E-state index contributed by atoms with van der Waals surface area (Å²) in [4.78, 5) is 11.4. The van der Waals surface area contributed by atoms with Crippen LogP contribution in [0.15, 0.2) is 0 Å². The molecule has 1 aromatic rings. The molecule has 5 heteroatoms. The lowest BCUT2D eigenvalue weighted by Crippen LogP contribution is -2.17. The normalized spacial score (nSPS) is 11.1. The molecule has 1 aromatic heterocycles. The van der Waals surface area contributed by atoms with Gasteiger partial charge in [0.2, 0.25) is 11.0 Å². The number of anilines is 1. The van der Waals surface area contributed by atoms with E-state index in [0.29, 0.717) is 11.0 Å². The van der Waals surface area contributed by atoms with Crippen LogP contribution in [0.2, 0.25) is 0 Å². The molecule has 1 amide bonds. The Balaban J connectivity index is 2.56. The van der Waals surface area contributed by atoms with Crippen LogP contribution in [0.5, 0.6) is 0 Å². The van der Waals surface area contributed by atoms with Gasteiger partial charge in [0.05, 0.1) is 0 Å². The van der Waals surface area contributed by atoms with E-state index in [0.717, 1.165) is 11.4 Å². The van der Waals surface area contributed by atoms with Crippen LogP contribution in [-0.4, -0.2) is 16.1 Å². The smallest absolute Gasteiger partial charge is 0.228 e. The average molecular weight is 227 g/mol. The van der Waals surface area contributed by atoms with E-state index in [1.807, 2.05) is 13.8 Å². The van der Waals surface area contributed by atoms with Crippen molar-refractivity contribution in [2.75, 3.05) is 5.32 Å². The number of carbonyl (C=O) groups is 1. The van der Waals surface area contributed by atoms with Gasteiger partial charge in [-0.15, -0.1) is 10.2 Å². The largest absolute Gasteiger partial charge is 0.300 e. The van der Waals surface area contributed by atoms with E-state index in [4.69, 9.17) is 0 Å². The van der Waals surface area contributed by atoms with Crippen LogP contribution in [0.4, 0.5) is 5.13 Å². The van der Waals surface area contributed by atoms with Gasteiger partial charge in [0.1, 0.15) is 5.01 Å². The average Bonchev–Trinajstić information content (AvgIpc) is 2.51. The van der Waals surface area contributed by atoms with Gasteiger partial charge in [-0.25, -0.2) is 0 Å². The second-order valence-electron chi connectivity index (χ2n) is 4.24. The van der Waals surface area contributed by atoms with Gasteiger partial charge < -0.3 is 5.32 Å². The summed E-state index contributed by atoms with van der Waals surface area (Å²) in [5, 5.41) is 12.3. The fourth-order valence-electron chi connectivity index (χ4n) is 0.986. The third-order valence-corrected chi connectivity index (χ3v) is 2.67. The Kier molecular flexibility index (Phi) is 4.20. The molecular weight excluding hydrogens is 210 g/mol. The number of hydrogen-bond acceptors (Lipinski definition) is 4. The zero-order valence-corrected chi connectivity index (χ0v) is 10.4. The summed E-state index contributed by atoms with van der Waals surface area (Å²) in [6.07, 6.45) is 0.912. The lowest BCUT2D eigenvalue weighted by Gasteiger charge is -2.02. The third kappa shape index (κ3) is 3.95. The van der Waals surface area contributed by atoms with Gasteiger partial charge in [-0.3, -0.25) is 4.79 Å². The number of nitrogens with one attached hydrogen (secondary N) is 1. The zero-order chi connectivity index (χ0) is 11.4. The number of hydrogen-bond donors (Lipinski definition) is 1. The quantitative estimate of drug-likeness (QED) is 0.859. The standard InChI is InChI=1S/C10H17N3OS/c1-6(2)5-8-12-13-10(15-8)11-9(14)7(3)4/h6-7H,5H2,1-4H3,(H,11,13,14). The molecule has 0 bridgehead atoms. The van der Waals surface area contributed by atoms with E-state index in [2.05, 4.69) is 29.4 Å². The molecule has 4 nitrogen and oxygen atoms in total. The highest BCUT2D eigenvalue weighted by molar-refractivity contribution is 7.15. The number of nitrogens with zero attached hydrogens (tertiary/aromatic N) is 2. The van der Waals surface area contributed by atoms with Gasteiger partial charge in [-0.05, 0) is 5.92 Å². The van der Waals surface area contributed by atoms with Crippen molar-refractivity contribution < 1.29 is 4.79 Å². The maximum atomic E-state index is 11.4. The Hall–Kier alpha value is -0.970. The molecule has 0 spiro atoms. The van der Waals surface area contributed by atoms with Crippen LogP contribution in [0.1, 0.15) is 32.7 Å². The molecule has 0 fully saturated rings. The molecule has 0 aliphatic rings. The van der Waals surface area contributed by atoms with Gasteiger partial charge in [0.15, 0.2) is 0 Å². The van der Waals surface area contributed by atoms with E-state index in [1.54, 1.807) is 0 Å². The second-order valence-corrected chi connectivity index (χ2v) is 5.30. The predicted molar refractivity (Wildman–Crippen MR) is 61.9 cm³/mol. The van der Waals surface area contributed by atoms with Gasteiger partial charge in [-0.1, -0.05) is 39.0 Å². The van der Waals surface area contributed by atoms with Gasteiger partial charge in [0.25, 0.3) is 0 Å². The summed E-state index contributed by atoms with van der Waals surface area (Å²) in [6, 6.07) is 0. The highest BCUT2D eigenvalue weighted by atomic mass is 32.1. The number of aromatic nitrogens is 2. The molecule has 0 saturated heterocycles. The molecule has 84 valence electrons. The van der Waals surface area contributed by atoms with Crippen LogP contribution in [-0.2, 0) is 11.2 Å². The highest BCUT2D eigenvalue weighted by Crippen LogP contribution is 2.18. The highest BCUT2D eigenvalue weighted by Gasteiger charge is 2.11. The maximum absolute atomic E-state index is 11.4. The molecule has 0 atom stereocenters. The van der Waals surface area contributed by atoms with Crippen LogP contribution in [0.3, 0.4) is 0 Å². The van der Waals surface area contributed by atoms with E-state index >= 15 is 0 Å². The van der Waals surface area contributed by atoms with Crippen LogP contribution >= 0.6 is 11.3 Å². The molecule has 0 unspecified atom stereocenters. The summed E-state index contributed by atoms with van der Waals surface area (Å²) in [6.45, 7) is 7.97. The molecule has 0 radical (unpaired) electrons. The van der Waals surface area contributed by atoms with Crippen molar-refractivity contribution in [1.29, 1.82) is 0 Å². The zero-order valence-electron chi connectivity index (χ0n) is 9.57. The first kappa shape index (κ1) is 12.1. The molecule has 1 N–H and O–H groups in total. The Morgan fingerprint density at radius 3 is 2.53 bits per heavy atom. The predicted octanol–water partition coefficient (Wildman–Crippen LogP) is 2.33. The first-order valence-electron chi connectivity index (χ1n) is 5.12. The maximum Gasteiger partial charge on any atom is 0.228 e. The van der Waals surface area contributed by atoms with E-state index < -0.39 is 0 Å². The third-order valence-electron chi connectivity index (χ3n) is 1.80. The minimum atomic E-state index is -0.0255. The minimum absolute atomic E-state index is 0.0118. The Morgan fingerprint density at radius 2 is 2.00 bits per heavy atom. The second kappa shape index (κ2) is 5.21. The van der Waals surface area contributed by atoms with Gasteiger partial charge >= 0.3 is 0 Å². The molecule has 0 aromatic carbocycles. The molecular formula is C10H17N3OS. The van der Waals surface area contributed by atoms with Crippen molar-refractivity contribution >= 4 is 22.4 Å². The Morgan fingerprint density at radius 1 is 1.33 bits per heavy atom. The first-order valence-corrected chi connectivity index (χ1v) is 5.94. The number of carbonyl (C=O) groups excluding carboxylic acids is 1. The van der Waals surface area contributed by atoms with Crippen LogP contribution < -0.4 is 5.32 Å². The van der Waals surface area contributed by atoms with Gasteiger partial charge in [-0.2, -0.15) is 0 Å². The van der Waals surface area contributed by atoms with Crippen LogP contribution in [0.25, 0.3) is 0 Å². The van der Waals surface area contributed by atoms with Crippen LogP contribution in [0, 0.1) is 11.8 Å². The molecule has 0 aliphatic carbocycles. The summed E-state index contributed by atoms with van der Waals surface area (Å²) >= 11 is 1.45. The Bertz CT molecular complexity index is 333. The fourth-order valence-corrected chi connectivity index (χ4v) is 1.94. The molecule has 0 saturated carbocycles. The lowest BCUT2D eigenvalue weighted by atomic mass is 10.1. The summed E-state index contributed by atoms with van der Waals surface area (Å²) < 4.78 is 0. The van der Waals surface area contributed by atoms with Crippen molar-refractivity contribution in [2.45, 2.75) is 34.1 Å². The Labute approximate surface area is 94.1 Å².